The average molecular weight is 277 g/mol. The Kier molecular flexibility index (Phi) is 4.84. The van der Waals surface area contributed by atoms with Crippen LogP contribution in [0.15, 0.2) is 30.3 Å². The molecule has 0 saturated carbocycles. The Labute approximate surface area is 122 Å². The Balaban J connectivity index is 2.20. The van der Waals surface area contributed by atoms with E-state index in [1.807, 2.05) is 6.07 Å². The molecule has 1 aromatic carbocycles. The maximum absolute atomic E-state index is 10.0. The first kappa shape index (κ1) is 15.5. The summed E-state index contributed by atoms with van der Waals surface area (Å²) in [6, 6.07) is 10.4. The van der Waals surface area contributed by atoms with Gasteiger partial charge >= 0.3 is 0 Å². The van der Waals surface area contributed by atoms with Gasteiger partial charge in [0, 0.05) is 12.0 Å². The van der Waals surface area contributed by atoms with E-state index in [2.05, 4.69) is 38.1 Å². The summed E-state index contributed by atoms with van der Waals surface area (Å²) >= 11 is 0. The molecule has 2 rings (SSSR count). The molecule has 1 fully saturated rings. The van der Waals surface area contributed by atoms with Crippen molar-refractivity contribution in [2.45, 2.75) is 38.7 Å². The third kappa shape index (κ3) is 3.40. The van der Waals surface area contributed by atoms with Gasteiger partial charge in [-0.1, -0.05) is 30.3 Å². The fourth-order valence-corrected chi connectivity index (χ4v) is 3.56. The summed E-state index contributed by atoms with van der Waals surface area (Å²) in [4.78, 5) is 0. The molecule has 3 nitrogen and oxygen atoms in total. The lowest BCUT2D eigenvalue weighted by atomic mass is 9.64. The van der Waals surface area contributed by atoms with Crippen molar-refractivity contribution in [3.8, 4) is 0 Å². The maximum atomic E-state index is 10.0. The van der Waals surface area contributed by atoms with Crippen molar-refractivity contribution in [3.05, 3.63) is 35.9 Å². The van der Waals surface area contributed by atoms with Crippen LogP contribution in [0.2, 0.25) is 0 Å². The summed E-state index contributed by atoms with van der Waals surface area (Å²) in [7, 11) is 0. The van der Waals surface area contributed by atoms with Crippen molar-refractivity contribution < 1.29 is 9.84 Å². The minimum Gasteiger partial charge on any atom is -0.396 e. The summed E-state index contributed by atoms with van der Waals surface area (Å²) in [6.07, 6.45) is 2.66. The summed E-state index contributed by atoms with van der Waals surface area (Å²) in [5.41, 5.74) is 6.82. The van der Waals surface area contributed by atoms with Crippen molar-refractivity contribution in [2.75, 3.05) is 19.8 Å². The van der Waals surface area contributed by atoms with E-state index in [-0.39, 0.29) is 17.6 Å². The van der Waals surface area contributed by atoms with Gasteiger partial charge in [0.1, 0.15) is 0 Å². The Morgan fingerprint density at radius 2 is 2.00 bits per heavy atom. The van der Waals surface area contributed by atoms with E-state index in [0.29, 0.717) is 19.1 Å². The molecule has 0 aliphatic carbocycles. The highest BCUT2D eigenvalue weighted by molar-refractivity contribution is 5.16. The van der Waals surface area contributed by atoms with Crippen LogP contribution >= 0.6 is 0 Å². The van der Waals surface area contributed by atoms with Gasteiger partial charge in [0.05, 0.1) is 12.2 Å². The number of nitrogens with two attached hydrogens (primary N) is 1. The molecule has 0 aromatic heterocycles. The number of aliphatic hydroxyl groups excluding tert-OH is 1. The second-order valence-electron chi connectivity index (χ2n) is 6.69. The van der Waals surface area contributed by atoms with Gasteiger partial charge in [-0.25, -0.2) is 0 Å². The van der Waals surface area contributed by atoms with Crippen LogP contribution in [0, 0.1) is 11.3 Å². The lowest BCUT2D eigenvalue weighted by molar-refractivity contribution is -0.155. The van der Waals surface area contributed by atoms with Crippen LogP contribution in [0.25, 0.3) is 0 Å². The Hall–Kier alpha value is -0.900. The summed E-state index contributed by atoms with van der Waals surface area (Å²) in [5, 5.41) is 10.0. The third-order valence-corrected chi connectivity index (χ3v) is 4.60. The topological polar surface area (TPSA) is 55.5 Å². The molecule has 1 heterocycles. The van der Waals surface area contributed by atoms with Crippen molar-refractivity contribution in [2.24, 2.45) is 17.1 Å². The summed E-state index contributed by atoms with van der Waals surface area (Å²) in [6.45, 7) is 5.71. The number of ether oxygens (including phenoxy) is 1. The van der Waals surface area contributed by atoms with Gasteiger partial charge in [0.25, 0.3) is 0 Å². The highest BCUT2D eigenvalue weighted by Gasteiger charge is 2.46. The van der Waals surface area contributed by atoms with Gasteiger partial charge in [-0.3, -0.25) is 0 Å². The smallest absolute Gasteiger partial charge is 0.0632 e. The zero-order valence-electron chi connectivity index (χ0n) is 12.6. The first-order valence-corrected chi connectivity index (χ1v) is 7.50. The van der Waals surface area contributed by atoms with Crippen LogP contribution in [0.1, 0.15) is 32.3 Å². The second kappa shape index (κ2) is 6.25. The van der Waals surface area contributed by atoms with Crippen LogP contribution in [0.4, 0.5) is 0 Å². The highest BCUT2D eigenvalue weighted by Crippen LogP contribution is 2.45. The summed E-state index contributed by atoms with van der Waals surface area (Å²) in [5.74, 6) is 0.325. The van der Waals surface area contributed by atoms with E-state index in [0.717, 1.165) is 19.3 Å². The molecule has 2 atom stereocenters. The standard InChI is InChI=1S/C17H27NO2/c1-16(2)12-17(13-19,8-9-18)15(11-20-16)10-14-6-4-3-5-7-14/h3-7,15,19H,8-13,18H2,1-2H3. The predicted octanol–water partition coefficient (Wildman–Crippen LogP) is 2.37. The van der Waals surface area contributed by atoms with Gasteiger partial charge in [0.15, 0.2) is 0 Å². The average Bonchev–Trinajstić information content (AvgIpc) is 2.43. The largest absolute Gasteiger partial charge is 0.396 e. The first-order chi connectivity index (χ1) is 9.51. The Bertz CT molecular complexity index is 418. The molecule has 3 heteroatoms. The molecule has 1 saturated heterocycles. The highest BCUT2D eigenvalue weighted by atomic mass is 16.5. The first-order valence-electron chi connectivity index (χ1n) is 7.50. The molecule has 3 N–H and O–H groups in total. The molecule has 20 heavy (non-hydrogen) atoms. The van der Waals surface area contributed by atoms with E-state index in [9.17, 15) is 5.11 Å². The number of rotatable bonds is 5. The van der Waals surface area contributed by atoms with Crippen LogP contribution in [-0.4, -0.2) is 30.5 Å². The molecule has 112 valence electrons. The van der Waals surface area contributed by atoms with Gasteiger partial charge in [-0.15, -0.1) is 0 Å². The molecule has 0 bridgehead atoms. The number of hydrogen-bond acceptors (Lipinski definition) is 3. The molecule has 1 aromatic rings. The Morgan fingerprint density at radius 1 is 1.30 bits per heavy atom. The maximum Gasteiger partial charge on any atom is 0.0632 e. The van der Waals surface area contributed by atoms with Crippen LogP contribution in [-0.2, 0) is 11.2 Å². The van der Waals surface area contributed by atoms with Crippen LogP contribution in [0.5, 0.6) is 0 Å². The number of benzene rings is 1. The van der Waals surface area contributed by atoms with Gasteiger partial charge in [-0.2, -0.15) is 0 Å². The minimum absolute atomic E-state index is 0.119. The van der Waals surface area contributed by atoms with Crippen LogP contribution < -0.4 is 5.73 Å². The second-order valence-corrected chi connectivity index (χ2v) is 6.69. The van der Waals surface area contributed by atoms with E-state index in [4.69, 9.17) is 10.5 Å². The van der Waals surface area contributed by atoms with Crippen molar-refractivity contribution >= 4 is 0 Å². The number of hydrogen-bond donors (Lipinski definition) is 2. The number of aliphatic hydroxyl groups is 1. The van der Waals surface area contributed by atoms with E-state index in [1.54, 1.807) is 0 Å². The quantitative estimate of drug-likeness (QED) is 0.869. The van der Waals surface area contributed by atoms with E-state index >= 15 is 0 Å². The fourth-order valence-electron chi connectivity index (χ4n) is 3.56. The SMILES string of the molecule is CC1(C)CC(CO)(CCN)C(Cc2ccccc2)CO1. The monoisotopic (exact) mass is 277 g/mol. The van der Waals surface area contributed by atoms with Crippen molar-refractivity contribution in [1.29, 1.82) is 0 Å². The normalized spacial score (nSPS) is 29.3. The van der Waals surface area contributed by atoms with E-state index in [1.165, 1.54) is 5.56 Å². The van der Waals surface area contributed by atoms with Gasteiger partial charge in [-0.05, 0) is 51.1 Å². The molecule has 1 aliphatic heterocycles. The van der Waals surface area contributed by atoms with Crippen molar-refractivity contribution in [1.82, 2.24) is 0 Å². The molecule has 2 unspecified atom stereocenters. The molecular weight excluding hydrogens is 250 g/mol. The molecule has 0 spiro atoms. The Morgan fingerprint density at radius 3 is 2.60 bits per heavy atom. The predicted molar refractivity (Wildman–Crippen MR) is 81.5 cm³/mol. The summed E-state index contributed by atoms with van der Waals surface area (Å²) < 4.78 is 6.00. The van der Waals surface area contributed by atoms with Gasteiger partial charge < -0.3 is 15.6 Å². The third-order valence-electron chi connectivity index (χ3n) is 4.60. The van der Waals surface area contributed by atoms with Crippen molar-refractivity contribution in [3.63, 3.8) is 0 Å². The fraction of sp³-hybridized carbons (Fsp3) is 0.647. The minimum atomic E-state index is -0.176. The molecule has 0 radical (unpaired) electrons. The molecular formula is C17H27NO2. The zero-order chi connectivity index (χ0) is 14.6. The van der Waals surface area contributed by atoms with Crippen LogP contribution in [0.3, 0.4) is 0 Å². The van der Waals surface area contributed by atoms with Gasteiger partial charge in [0.2, 0.25) is 0 Å². The lowest BCUT2D eigenvalue weighted by Gasteiger charge is -2.49. The molecule has 0 amide bonds. The lowest BCUT2D eigenvalue weighted by Crippen LogP contribution is -2.51. The zero-order valence-corrected chi connectivity index (χ0v) is 12.6. The molecule has 1 aliphatic rings. The van der Waals surface area contributed by atoms with E-state index < -0.39 is 0 Å².